The van der Waals surface area contributed by atoms with Crippen LogP contribution in [0.4, 0.5) is 18.9 Å². The van der Waals surface area contributed by atoms with Crippen LogP contribution in [0.15, 0.2) is 47.4 Å². The molecule has 12 heteroatoms. The molecule has 1 aliphatic rings. The van der Waals surface area contributed by atoms with Gasteiger partial charge in [-0.3, -0.25) is 10.1 Å². The fourth-order valence-electron chi connectivity index (χ4n) is 2.68. The summed E-state index contributed by atoms with van der Waals surface area (Å²) in [6, 6.07) is 7.00. The lowest BCUT2D eigenvalue weighted by Crippen LogP contribution is -2.40. The third-order valence-corrected chi connectivity index (χ3v) is 6.05. The second kappa shape index (κ2) is 7.97. The van der Waals surface area contributed by atoms with Crippen molar-refractivity contribution in [2.75, 3.05) is 26.3 Å². The summed E-state index contributed by atoms with van der Waals surface area (Å²) in [5.74, 6) is -0.683. The van der Waals surface area contributed by atoms with Gasteiger partial charge in [0.05, 0.1) is 23.0 Å². The molecule has 0 aromatic heterocycles. The van der Waals surface area contributed by atoms with Gasteiger partial charge < -0.3 is 9.47 Å². The van der Waals surface area contributed by atoms with Gasteiger partial charge in [0.25, 0.3) is 5.69 Å². The predicted octanol–water partition coefficient (Wildman–Crippen LogP) is 3.43. The SMILES string of the molecule is O=[N+]([O-])c1ccc(Oc2ccc(S(=O)(=O)N3CCOCC3)cc2)c(C(F)(F)F)c1. The fourth-order valence-corrected chi connectivity index (χ4v) is 4.09. The molecule has 1 fully saturated rings. The Morgan fingerprint density at radius 3 is 2.24 bits per heavy atom. The minimum Gasteiger partial charge on any atom is -0.457 e. The van der Waals surface area contributed by atoms with Gasteiger partial charge in [0.2, 0.25) is 10.0 Å². The molecule has 0 radical (unpaired) electrons. The molecule has 0 aliphatic carbocycles. The summed E-state index contributed by atoms with van der Waals surface area (Å²) in [5.41, 5.74) is -2.03. The number of sulfonamides is 1. The molecule has 156 valence electrons. The number of nitro groups is 1. The van der Waals surface area contributed by atoms with Crippen LogP contribution in [0.2, 0.25) is 0 Å². The van der Waals surface area contributed by atoms with E-state index in [1.54, 1.807) is 0 Å². The van der Waals surface area contributed by atoms with Gasteiger partial charge >= 0.3 is 6.18 Å². The average Bonchev–Trinajstić information content (AvgIpc) is 2.68. The first kappa shape index (κ1) is 21.0. The summed E-state index contributed by atoms with van der Waals surface area (Å²) < 4.78 is 76.4. The largest absolute Gasteiger partial charge is 0.457 e. The van der Waals surface area contributed by atoms with Crippen molar-refractivity contribution in [3.8, 4) is 11.5 Å². The number of benzene rings is 2. The molecule has 0 bridgehead atoms. The van der Waals surface area contributed by atoms with E-state index >= 15 is 0 Å². The zero-order valence-corrected chi connectivity index (χ0v) is 15.6. The lowest BCUT2D eigenvalue weighted by Gasteiger charge is -2.26. The van der Waals surface area contributed by atoms with Crippen molar-refractivity contribution < 1.29 is 36.0 Å². The number of hydrogen-bond donors (Lipinski definition) is 0. The highest BCUT2D eigenvalue weighted by Crippen LogP contribution is 2.40. The molecule has 0 spiro atoms. The number of non-ortho nitro benzene ring substituents is 1. The molecule has 2 aromatic carbocycles. The molecule has 2 aromatic rings. The zero-order chi connectivity index (χ0) is 21.2. The molecule has 0 atom stereocenters. The van der Waals surface area contributed by atoms with Crippen molar-refractivity contribution in [3.05, 3.63) is 58.1 Å². The smallest absolute Gasteiger partial charge is 0.420 e. The highest BCUT2D eigenvalue weighted by molar-refractivity contribution is 7.89. The molecule has 1 heterocycles. The van der Waals surface area contributed by atoms with Crippen molar-refractivity contribution in [2.45, 2.75) is 11.1 Å². The van der Waals surface area contributed by atoms with Gasteiger partial charge in [0.15, 0.2) is 0 Å². The summed E-state index contributed by atoms with van der Waals surface area (Å²) in [6.07, 6.45) is -4.87. The number of morpholine rings is 1. The van der Waals surface area contributed by atoms with Crippen molar-refractivity contribution in [1.82, 2.24) is 4.31 Å². The molecular weight excluding hydrogens is 417 g/mol. The van der Waals surface area contributed by atoms with E-state index in [0.29, 0.717) is 6.07 Å². The van der Waals surface area contributed by atoms with Crippen LogP contribution in [-0.4, -0.2) is 43.9 Å². The normalized spacial score (nSPS) is 15.8. The maximum absolute atomic E-state index is 13.2. The van der Waals surface area contributed by atoms with Gasteiger partial charge in [-0.05, 0) is 30.3 Å². The van der Waals surface area contributed by atoms with Crippen LogP contribution in [0, 0.1) is 10.1 Å². The Balaban J connectivity index is 1.85. The van der Waals surface area contributed by atoms with Gasteiger partial charge in [-0.25, -0.2) is 8.42 Å². The molecule has 1 aliphatic heterocycles. The van der Waals surface area contributed by atoms with Gasteiger partial charge in [-0.2, -0.15) is 17.5 Å². The topological polar surface area (TPSA) is 99.0 Å². The van der Waals surface area contributed by atoms with Crippen LogP contribution in [0.1, 0.15) is 5.56 Å². The second-order valence-corrected chi connectivity index (χ2v) is 7.96. The lowest BCUT2D eigenvalue weighted by molar-refractivity contribution is -0.385. The summed E-state index contributed by atoms with van der Waals surface area (Å²) in [4.78, 5) is 9.76. The van der Waals surface area contributed by atoms with Crippen LogP contribution in [0.25, 0.3) is 0 Å². The Labute approximate surface area is 163 Å². The summed E-state index contributed by atoms with van der Waals surface area (Å²) in [7, 11) is -3.76. The molecule has 0 amide bonds. The van der Waals surface area contributed by atoms with E-state index in [1.807, 2.05) is 0 Å². The molecule has 0 saturated carbocycles. The van der Waals surface area contributed by atoms with E-state index < -0.39 is 38.1 Å². The highest BCUT2D eigenvalue weighted by Gasteiger charge is 2.36. The first-order valence-corrected chi connectivity index (χ1v) is 9.74. The molecule has 3 rings (SSSR count). The van der Waals surface area contributed by atoms with Gasteiger partial charge in [-0.15, -0.1) is 0 Å². The Bertz CT molecular complexity index is 1000. The first-order valence-electron chi connectivity index (χ1n) is 8.30. The van der Waals surface area contributed by atoms with Crippen LogP contribution >= 0.6 is 0 Å². The molecule has 0 unspecified atom stereocenters. The minimum atomic E-state index is -4.87. The van der Waals surface area contributed by atoms with Crippen molar-refractivity contribution in [2.24, 2.45) is 0 Å². The van der Waals surface area contributed by atoms with Crippen LogP contribution in [0.5, 0.6) is 11.5 Å². The van der Waals surface area contributed by atoms with Crippen molar-refractivity contribution >= 4 is 15.7 Å². The first-order chi connectivity index (χ1) is 13.6. The van der Waals surface area contributed by atoms with E-state index in [9.17, 15) is 31.7 Å². The number of hydrogen-bond acceptors (Lipinski definition) is 6. The summed E-state index contributed by atoms with van der Waals surface area (Å²) >= 11 is 0. The number of halogens is 3. The molecular formula is C17H15F3N2O6S. The van der Waals surface area contributed by atoms with E-state index in [0.717, 1.165) is 12.1 Å². The predicted molar refractivity (Wildman–Crippen MR) is 94.2 cm³/mol. The number of nitro benzene ring substituents is 1. The number of rotatable bonds is 5. The minimum absolute atomic E-state index is 0.0357. The van der Waals surface area contributed by atoms with Crippen molar-refractivity contribution in [1.29, 1.82) is 0 Å². The third-order valence-electron chi connectivity index (χ3n) is 4.14. The molecule has 29 heavy (non-hydrogen) atoms. The van der Waals surface area contributed by atoms with E-state index in [1.165, 1.54) is 28.6 Å². The number of alkyl halides is 3. The standard InChI is InChI=1S/C17H15F3N2O6S/c18-17(19,20)15-11-12(22(23)24)1-6-16(15)28-13-2-4-14(5-3-13)29(25,26)21-7-9-27-10-8-21/h1-6,11H,7-10H2. The van der Waals surface area contributed by atoms with Crippen LogP contribution < -0.4 is 4.74 Å². The zero-order valence-electron chi connectivity index (χ0n) is 14.8. The molecule has 0 N–H and O–H groups in total. The van der Waals surface area contributed by atoms with Crippen LogP contribution in [0.3, 0.4) is 0 Å². The second-order valence-electron chi connectivity index (χ2n) is 6.03. The number of ether oxygens (including phenoxy) is 2. The Hall–Kier alpha value is -2.70. The average molecular weight is 432 g/mol. The van der Waals surface area contributed by atoms with E-state index in [-0.39, 0.29) is 36.9 Å². The monoisotopic (exact) mass is 432 g/mol. The molecule has 8 nitrogen and oxygen atoms in total. The summed E-state index contributed by atoms with van der Waals surface area (Å²) in [6.45, 7) is 0.970. The van der Waals surface area contributed by atoms with E-state index in [2.05, 4.69) is 0 Å². The third kappa shape index (κ3) is 4.66. The number of nitrogens with zero attached hydrogens (tertiary/aromatic N) is 2. The van der Waals surface area contributed by atoms with Gasteiger partial charge in [0.1, 0.15) is 17.1 Å². The maximum Gasteiger partial charge on any atom is 0.420 e. The quantitative estimate of drug-likeness (QED) is 0.530. The Kier molecular flexibility index (Phi) is 5.78. The highest BCUT2D eigenvalue weighted by atomic mass is 32.2. The van der Waals surface area contributed by atoms with Crippen molar-refractivity contribution in [3.63, 3.8) is 0 Å². The van der Waals surface area contributed by atoms with E-state index in [4.69, 9.17) is 9.47 Å². The Morgan fingerprint density at radius 1 is 1.07 bits per heavy atom. The van der Waals surface area contributed by atoms with Gasteiger partial charge in [-0.1, -0.05) is 0 Å². The fraction of sp³-hybridized carbons (Fsp3) is 0.294. The lowest BCUT2D eigenvalue weighted by atomic mass is 10.1. The van der Waals surface area contributed by atoms with Gasteiger partial charge in [0, 0.05) is 25.2 Å². The summed E-state index contributed by atoms with van der Waals surface area (Å²) in [5, 5.41) is 10.7. The Morgan fingerprint density at radius 2 is 1.69 bits per heavy atom. The van der Waals surface area contributed by atoms with Crippen LogP contribution in [-0.2, 0) is 20.9 Å². The molecule has 1 saturated heterocycles. The maximum atomic E-state index is 13.2.